The van der Waals surface area contributed by atoms with Crippen LogP contribution in [0.2, 0.25) is 0 Å². The number of hydrogen-bond donors (Lipinski definition) is 0. The van der Waals surface area contributed by atoms with Crippen molar-refractivity contribution in [2.75, 3.05) is 13.2 Å². The Bertz CT molecular complexity index is 747. The number of rotatable bonds is 6. The van der Waals surface area contributed by atoms with Crippen LogP contribution in [0.3, 0.4) is 0 Å². The van der Waals surface area contributed by atoms with Gasteiger partial charge in [0.2, 0.25) is 0 Å². The average molecular weight is 455 g/mol. The van der Waals surface area contributed by atoms with E-state index in [0.29, 0.717) is 29.7 Å². The molecule has 1 saturated heterocycles. The second-order valence-electron chi connectivity index (χ2n) is 5.98. The van der Waals surface area contributed by atoms with Gasteiger partial charge in [0, 0.05) is 34.6 Å². The average Bonchev–Trinajstić information content (AvgIpc) is 2.63. The molecule has 25 heavy (non-hydrogen) atoms. The van der Waals surface area contributed by atoms with Crippen LogP contribution in [0.4, 0.5) is 4.39 Å². The zero-order valence-corrected chi connectivity index (χ0v) is 15.9. The Morgan fingerprint density at radius 1 is 1.32 bits per heavy atom. The van der Waals surface area contributed by atoms with Crippen LogP contribution in [0.5, 0.6) is 0 Å². The van der Waals surface area contributed by atoms with Gasteiger partial charge in [0.1, 0.15) is 12.4 Å². The molecule has 6 heteroatoms. The Morgan fingerprint density at radius 3 is 2.96 bits per heavy atom. The molecule has 2 aromatic rings. The van der Waals surface area contributed by atoms with Crippen LogP contribution in [0.25, 0.3) is 0 Å². The van der Waals surface area contributed by atoms with Crippen LogP contribution in [-0.4, -0.2) is 30.3 Å². The summed E-state index contributed by atoms with van der Waals surface area (Å²) < 4.78 is 26.0. The lowest BCUT2D eigenvalue weighted by Gasteiger charge is -2.22. The van der Waals surface area contributed by atoms with Crippen molar-refractivity contribution in [1.29, 1.82) is 0 Å². The monoisotopic (exact) mass is 455 g/mol. The lowest BCUT2D eigenvalue weighted by molar-refractivity contribution is -0.155. The zero-order valence-electron chi connectivity index (χ0n) is 13.7. The highest BCUT2D eigenvalue weighted by atomic mass is 127. The van der Waals surface area contributed by atoms with Crippen LogP contribution in [0.15, 0.2) is 36.7 Å². The number of Topliss-reactive ketones (excluding diaryl/α,β-unsaturated/α-hetero) is 1. The molecule has 3 rings (SSSR count). The molecule has 1 aromatic carbocycles. The molecule has 1 aromatic heterocycles. The highest BCUT2D eigenvalue weighted by Gasteiger charge is 2.18. The minimum atomic E-state index is -0.309. The molecule has 0 spiro atoms. The van der Waals surface area contributed by atoms with Crippen molar-refractivity contribution in [2.45, 2.75) is 32.0 Å². The normalized spacial score (nSPS) is 17.4. The van der Waals surface area contributed by atoms with Crippen molar-refractivity contribution in [2.24, 2.45) is 0 Å². The number of ether oxygens (including phenoxy) is 2. The van der Waals surface area contributed by atoms with E-state index in [4.69, 9.17) is 9.47 Å². The van der Waals surface area contributed by atoms with Gasteiger partial charge in [-0.15, -0.1) is 0 Å². The lowest BCUT2D eigenvalue weighted by atomic mass is 9.99. The molecule has 4 nitrogen and oxygen atoms in total. The van der Waals surface area contributed by atoms with Crippen molar-refractivity contribution in [3.8, 4) is 0 Å². The molecular formula is C19H19FINO3. The molecule has 0 N–H and O–H groups in total. The van der Waals surface area contributed by atoms with Gasteiger partial charge in [-0.05, 0) is 71.2 Å². The molecule has 1 fully saturated rings. The van der Waals surface area contributed by atoms with Crippen LogP contribution < -0.4 is 0 Å². The number of aromatic nitrogens is 1. The van der Waals surface area contributed by atoms with E-state index in [1.807, 2.05) is 6.07 Å². The highest BCUT2D eigenvalue weighted by molar-refractivity contribution is 14.1. The van der Waals surface area contributed by atoms with E-state index in [2.05, 4.69) is 27.6 Å². The Balaban J connectivity index is 1.70. The van der Waals surface area contributed by atoms with E-state index in [-0.39, 0.29) is 24.5 Å². The Labute approximate surface area is 159 Å². The Morgan fingerprint density at radius 2 is 2.20 bits per heavy atom. The molecule has 0 saturated carbocycles. The first-order valence-electron chi connectivity index (χ1n) is 8.26. The number of carbonyl (C=O) groups is 1. The molecule has 132 valence electrons. The summed E-state index contributed by atoms with van der Waals surface area (Å²) >= 11 is 2.07. The van der Waals surface area contributed by atoms with Crippen molar-refractivity contribution < 1.29 is 18.7 Å². The first kappa shape index (κ1) is 18.4. The van der Waals surface area contributed by atoms with E-state index < -0.39 is 0 Å². The number of ketones is 1. The van der Waals surface area contributed by atoms with E-state index >= 15 is 0 Å². The predicted molar refractivity (Wildman–Crippen MR) is 100 cm³/mol. The number of hydrogen-bond acceptors (Lipinski definition) is 4. The third-order valence-corrected chi connectivity index (χ3v) is 4.81. The first-order valence-corrected chi connectivity index (χ1v) is 9.34. The van der Waals surface area contributed by atoms with Crippen molar-refractivity contribution >= 4 is 28.4 Å². The minimum absolute atomic E-state index is 0.0448. The van der Waals surface area contributed by atoms with Crippen LogP contribution in [-0.2, 0) is 15.9 Å². The summed E-state index contributed by atoms with van der Waals surface area (Å²) in [7, 11) is 0. The summed E-state index contributed by atoms with van der Waals surface area (Å²) in [6.45, 7) is 0.627. The summed E-state index contributed by atoms with van der Waals surface area (Å²) in [4.78, 5) is 16.6. The smallest absolute Gasteiger partial charge is 0.188 e. The molecule has 1 aliphatic heterocycles. The largest absolute Gasteiger partial charge is 0.353 e. The number of carbonyl (C=O) groups excluding carboxylic acids is 1. The molecule has 0 bridgehead atoms. The van der Waals surface area contributed by atoms with Crippen molar-refractivity contribution in [3.05, 3.63) is 62.7 Å². The zero-order chi connectivity index (χ0) is 17.6. The summed E-state index contributed by atoms with van der Waals surface area (Å²) in [5.74, 6) is -0.418. The van der Waals surface area contributed by atoms with Gasteiger partial charge in [-0.2, -0.15) is 0 Å². The number of halogens is 2. The van der Waals surface area contributed by atoms with Gasteiger partial charge in [-0.25, -0.2) is 4.39 Å². The van der Waals surface area contributed by atoms with Gasteiger partial charge in [0.25, 0.3) is 0 Å². The molecule has 1 unspecified atom stereocenters. The fourth-order valence-electron chi connectivity index (χ4n) is 2.80. The van der Waals surface area contributed by atoms with Crippen LogP contribution >= 0.6 is 22.6 Å². The quantitative estimate of drug-likeness (QED) is 0.486. The van der Waals surface area contributed by atoms with Crippen molar-refractivity contribution in [3.63, 3.8) is 0 Å². The van der Waals surface area contributed by atoms with Gasteiger partial charge in [0.05, 0.1) is 0 Å². The fraction of sp³-hybridized carbons (Fsp3) is 0.368. The van der Waals surface area contributed by atoms with Gasteiger partial charge in [-0.3, -0.25) is 9.78 Å². The molecule has 2 heterocycles. The molecule has 0 radical (unpaired) electrons. The maximum atomic E-state index is 14.1. The standard InChI is InChI=1S/C19H19FINO3/c20-17-10-15(21)5-4-13(17)9-14-11-22-7-6-16(14)18(23)12-25-19-3-1-2-8-24-19/h4-7,10-11,19H,1-3,8-9,12H2. The topological polar surface area (TPSA) is 48.4 Å². The number of benzene rings is 1. The fourth-order valence-corrected chi connectivity index (χ4v) is 3.25. The number of nitrogens with zero attached hydrogens (tertiary/aromatic N) is 1. The maximum absolute atomic E-state index is 14.1. The Kier molecular flexibility index (Phi) is 6.50. The molecule has 1 aliphatic rings. The Hall–Kier alpha value is -1.38. The highest BCUT2D eigenvalue weighted by Crippen LogP contribution is 2.19. The summed E-state index contributed by atoms with van der Waals surface area (Å²) in [5.41, 5.74) is 1.75. The van der Waals surface area contributed by atoms with Crippen LogP contribution in [0, 0.1) is 9.39 Å². The number of pyridine rings is 1. The molecule has 0 aliphatic carbocycles. The minimum Gasteiger partial charge on any atom is -0.353 e. The van der Waals surface area contributed by atoms with E-state index in [1.54, 1.807) is 24.5 Å². The molecule has 0 amide bonds. The van der Waals surface area contributed by atoms with Gasteiger partial charge >= 0.3 is 0 Å². The second-order valence-corrected chi connectivity index (χ2v) is 7.22. The summed E-state index contributed by atoms with van der Waals surface area (Å²) in [6, 6.07) is 6.73. The summed E-state index contributed by atoms with van der Waals surface area (Å²) in [6.07, 6.45) is 6.08. The van der Waals surface area contributed by atoms with E-state index in [9.17, 15) is 9.18 Å². The van der Waals surface area contributed by atoms with Crippen molar-refractivity contribution in [1.82, 2.24) is 4.98 Å². The SMILES string of the molecule is O=C(COC1CCCCO1)c1ccncc1Cc1ccc(I)cc1F. The third kappa shape index (κ3) is 5.05. The van der Waals surface area contributed by atoms with Gasteiger partial charge < -0.3 is 9.47 Å². The summed E-state index contributed by atoms with van der Waals surface area (Å²) in [5, 5.41) is 0. The predicted octanol–water partition coefficient (Wildman–Crippen LogP) is 4.14. The van der Waals surface area contributed by atoms with Crippen LogP contribution in [0.1, 0.15) is 40.7 Å². The van der Waals surface area contributed by atoms with E-state index in [1.165, 1.54) is 6.07 Å². The molecular weight excluding hydrogens is 436 g/mol. The first-order chi connectivity index (χ1) is 12.1. The lowest BCUT2D eigenvalue weighted by Crippen LogP contribution is -2.25. The van der Waals surface area contributed by atoms with E-state index in [0.717, 1.165) is 22.8 Å². The maximum Gasteiger partial charge on any atom is 0.188 e. The van der Waals surface area contributed by atoms with Gasteiger partial charge in [-0.1, -0.05) is 6.07 Å². The third-order valence-electron chi connectivity index (χ3n) is 4.14. The molecule has 1 atom stereocenters. The second kappa shape index (κ2) is 8.82. The van der Waals surface area contributed by atoms with Gasteiger partial charge in [0.15, 0.2) is 12.1 Å².